The highest BCUT2D eigenvalue weighted by Gasteiger charge is 2.31. The Kier molecular flexibility index (Phi) is 5.93. The lowest BCUT2D eigenvalue weighted by molar-refractivity contribution is -0.148. The van der Waals surface area contributed by atoms with E-state index in [-0.39, 0.29) is 18.4 Å². The summed E-state index contributed by atoms with van der Waals surface area (Å²) in [5.41, 5.74) is 0. The highest BCUT2D eigenvalue weighted by Crippen LogP contribution is 2.10. The summed E-state index contributed by atoms with van der Waals surface area (Å²) in [5, 5.41) is 5.56. The number of amides is 2. The van der Waals surface area contributed by atoms with Gasteiger partial charge in [0, 0.05) is 20.0 Å². The maximum atomic E-state index is 12.0. The van der Waals surface area contributed by atoms with Crippen LogP contribution in [0.3, 0.4) is 0 Å². The van der Waals surface area contributed by atoms with Crippen molar-refractivity contribution in [1.29, 1.82) is 0 Å². The Labute approximate surface area is 102 Å². The standard InChI is InChI=1S/C11H21N3O3/c1-12-5-3-4-10(15)14-6-7-17-8-9(14)11(16)13-2/h9,12H,3-8H2,1-2H3,(H,13,16). The van der Waals surface area contributed by atoms with Crippen LogP contribution in [0.4, 0.5) is 0 Å². The lowest BCUT2D eigenvalue weighted by Gasteiger charge is -2.34. The molecule has 2 N–H and O–H groups in total. The maximum absolute atomic E-state index is 12.0. The summed E-state index contributed by atoms with van der Waals surface area (Å²) in [6, 6.07) is -0.476. The SMILES string of the molecule is CNCCCC(=O)N1CCOCC1C(=O)NC. The first-order valence-corrected chi connectivity index (χ1v) is 5.94. The fourth-order valence-electron chi connectivity index (χ4n) is 1.85. The van der Waals surface area contributed by atoms with Crippen molar-refractivity contribution in [3.05, 3.63) is 0 Å². The molecule has 1 aliphatic heterocycles. The molecule has 1 rings (SSSR count). The van der Waals surface area contributed by atoms with Crippen LogP contribution < -0.4 is 10.6 Å². The van der Waals surface area contributed by atoms with E-state index in [0.717, 1.165) is 13.0 Å². The molecular weight excluding hydrogens is 222 g/mol. The van der Waals surface area contributed by atoms with Crippen LogP contribution in [-0.4, -0.2) is 63.2 Å². The molecular formula is C11H21N3O3. The minimum atomic E-state index is -0.476. The first-order valence-electron chi connectivity index (χ1n) is 5.94. The van der Waals surface area contributed by atoms with Gasteiger partial charge >= 0.3 is 0 Å². The molecule has 1 fully saturated rings. The van der Waals surface area contributed by atoms with Gasteiger partial charge in [0.25, 0.3) is 0 Å². The van der Waals surface area contributed by atoms with Gasteiger partial charge < -0.3 is 20.3 Å². The summed E-state index contributed by atoms with van der Waals surface area (Å²) in [6.45, 7) is 2.10. The molecule has 0 saturated carbocycles. The number of rotatable bonds is 5. The second kappa shape index (κ2) is 7.24. The number of nitrogens with zero attached hydrogens (tertiary/aromatic N) is 1. The van der Waals surface area contributed by atoms with Crippen LogP contribution in [0.1, 0.15) is 12.8 Å². The zero-order valence-electron chi connectivity index (χ0n) is 10.5. The Morgan fingerprint density at radius 3 is 2.82 bits per heavy atom. The van der Waals surface area contributed by atoms with Crippen molar-refractivity contribution in [2.75, 3.05) is 40.4 Å². The van der Waals surface area contributed by atoms with Crippen LogP contribution in [-0.2, 0) is 14.3 Å². The molecule has 6 heteroatoms. The third kappa shape index (κ3) is 3.98. The minimum absolute atomic E-state index is 0.0251. The quantitative estimate of drug-likeness (QED) is 0.605. The van der Waals surface area contributed by atoms with Gasteiger partial charge in [-0.1, -0.05) is 0 Å². The van der Waals surface area contributed by atoms with Crippen molar-refractivity contribution in [1.82, 2.24) is 15.5 Å². The van der Waals surface area contributed by atoms with Gasteiger partial charge in [-0.25, -0.2) is 0 Å². The predicted octanol–water partition coefficient (Wildman–Crippen LogP) is -1.04. The Morgan fingerprint density at radius 2 is 2.18 bits per heavy atom. The molecule has 98 valence electrons. The third-order valence-electron chi connectivity index (χ3n) is 2.82. The van der Waals surface area contributed by atoms with Gasteiger partial charge in [0.05, 0.1) is 13.2 Å². The lowest BCUT2D eigenvalue weighted by atomic mass is 10.1. The maximum Gasteiger partial charge on any atom is 0.244 e. The molecule has 6 nitrogen and oxygen atoms in total. The van der Waals surface area contributed by atoms with Gasteiger partial charge in [0.1, 0.15) is 6.04 Å². The second-order valence-corrected chi connectivity index (χ2v) is 4.00. The lowest BCUT2D eigenvalue weighted by Crippen LogP contribution is -2.55. The number of hydrogen-bond acceptors (Lipinski definition) is 4. The largest absolute Gasteiger partial charge is 0.377 e. The van der Waals surface area contributed by atoms with Crippen molar-refractivity contribution in [3.8, 4) is 0 Å². The Morgan fingerprint density at radius 1 is 1.41 bits per heavy atom. The van der Waals surface area contributed by atoms with Crippen molar-refractivity contribution in [2.24, 2.45) is 0 Å². The zero-order valence-corrected chi connectivity index (χ0v) is 10.5. The number of likely N-dealkylation sites (N-methyl/N-ethyl adjacent to an activating group) is 1. The smallest absolute Gasteiger partial charge is 0.244 e. The summed E-state index contributed by atoms with van der Waals surface area (Å²) in [7, 11) is 3.42. The molecule has 0 spiro atoms. The molecule has 1 unspecified atom stereocenters. The molecule has 0 bridgehead atoms. The molecule has 1 heterocycles. The summed E-state index contributed by atoms with van der Waals surface area (Å²) >= 11 is 0. The molecule has 2 amide bonds. The second-order valence-electron chi connectivity index (χ2n) is 4.00. The van der Waals surface area contributed by atoms with E-state index in [9.17, 15) is 9.59 Å². The van der Waals surface area contributed by atoms with Crippen LogP contribution in [0.15, 0.2) is 0 Å². The first kappa shape index (κ1) is 13.9. The normalized spacial score (nSPS) is 20.1. The summed E-state index contributed by atoms with van der Waals surface area (Å²) in [5.74, 6) is -0.135. The van der Waals surface area contributed by atoms with E-state index < -0.39 is 6.04 Å². The highest BCUT2D eigenvalue weighted by atomic mass is 16.5. The van der Waals surface area contributed by atoms with E-state index in [1.165, 1.54) is 0 Å². The number of ether oxygens (including phenoxy) is 1. The van der Waals surface area contributed by atoms with E-state index >= 15 is 0 Å². The van der Waals surface area contributed by atoms with Gasteiger partial charge in [0.2, 0.25) is 11.8 Å². The van der Waals surface area contributed by atoms with E-state index in [4.69, 9.17) is 4.74 Å². The van der Waals surface area contributed by atoms with Crippen LogP contribution in [0.25, 0.3) is 0 Å². The third-order valence-corrected chi connectivity index (χ3v) is 2.82. The molecule has 0 aromatic rings. The summed E-state index contributed by atoms with van der Waals surface area (Å²) in [4.78, 5) is 25.2. The number of morpholine rings is 1. The van der Waals surface area contributed by atoms with E-state index in [1.807, 2.05) is 7.05 Å². The Hall–Kier alpha value is -1.14. The highest BCUT2D eigenvalue weighted by molar-refractivity contribution is 5.87. The van der Waals surface area contributed by atoms with Gasteiger partial charge in [-0.05, 0) is 20.0 Å². The van der Waals surface area contributed by atoms with Crippen molar-refractivity contribution in [3.63, 3.8) is 0 Å². The fraction of sp³-hybridized carbons (Fsp3) is 0.818. The van der Waals surface area contributed by atoms with Crippen molar-refractivity contribution >= 4 is 11.8 Å². The van der Waals surface area contributed by atoms with Crippen LogP contribution in [0.5, 0.6) is 0 Å². The van der Waals surface area contributed by atoms with Crippen LogP contribution >= 0.6 is 0 Å². The zero-order chi connectivity index (χ0) is 12.7. The van der Waals surface area contributed by atoms with Crippen LogP contribution in [0.2, 0.25) is 0 Å². The monoisotopic (exact) mass is 243 g/mol. The molecule has 17 heavy (non-hydrogen) atoms. The number of hydrogen-bond donors (Lipinski definition) is 2. The summed E-state index contributed by atoms with van der Waals surface area (Å²) < 4.78 is 5.24. The Balaban J connectivity index is 2.52. The molecule has 0 radical (unpaired) electrons. The molecule has 1 saturated heterocycles. The van der Waals surface area contributed by atoms with Crippen molar-refractivity contribution < 1.29 is 14.3 Å². The fourth-order valence-corrected chi connectivity index (χ4v) is 1.85. The van der Waals surface area contributed by atoms with Crippen LogP contribution in [0, 0.1) is 0 Å². The van der Waals surface area contributed by atoms with Gasteiger partial charge in [-0.15, -0.1) is 0 Å². The number of carbonyl (C=O) groups is 2. The average molecular weight is 243 g/mol. The first-order chi connectivity index (χ1) is 8.20. The van der Waals surface area contributed by atoms with Gasteiger partial charge in [0.15, 0.2) is 0 Å². The summed E-state index contributed by atoms with van der Waals surface area (Å²) in [6.07, 6.45) is 1.25. The van der Waals surface area contributed by atoms with E-state index in [1.54, 1.807) is 11.9 Å². The predicted molar refractivity (Wildman–Crippen MR) is 63.5 cm³/mol. The number of carbonyl (C=O) groups excluding carboxylic acids is 2. The van der Waals surface area contributed by atoms with Gasteiger partial charge in [-0.2, -0.15) is 0 Å². The van der Waals surface area contributed by atoms with Gasteiger partial charge in [-0.3, -0.25) is 9.59 Å². The molecule has 1 atom stereocenters. The molecule has 1 aliphatic rings. The molecule has 0 aromatic heterocycles. The van der Waals surface area contributed by atoms with E-state index in [0.29, 0.717) is 19.6 Å². The van der Waals surface area contributed by atoms with Crippen molar-refractivity contribution in [2.45, 2.75) is 18.9 Å². The number of nitrogens with one attached hydrogen (secondary N) is 2. The molecule has 0 aliphatic carbocycles. The molecule has 0 aromatic carbocycles. The average Bonchev–Trinajstić information content (AvgIpc) is 2.38. The Bertz CT molecular complexity index is 271. The van der Waals surface area contributed by atoms with E-state index in [2.05, 4.69) is 10.6 Å². The minimum Gasteiger partial charge on any atom is -0.377 e. The topological polar surface area (TPSA) is 70.7 Å².